The first-order valence-electron chi connectivity index (χ1n) is 17.2. The summed E-state index contributed by atoms with van der Waals surface area (Å²) < 4.78 is 53.9. The highest BCUT2D eigenvalue weighted by Crippen LogP contribution is 2.44. The average molecular weight is 704 g/mol. The molecule has 0 bridgehead atoms. The van der Waals surface area contributed by atoms with Crippen molar-refractivity contribution in [3.05, 3.63) is 72.3 Å². The summed E-state index contributed by atoms with van der Waals surface area (Å²) in [4.78, 5) is 23.1. The Morgan fingerprint density at radius 1 is 0.540 bits per heavy atom. The zero-order valence-electron chi connectivity index (χ0n) is 29.0. The van der Waals surface area contributed by atoms with E-state index in [0.717, 1.165) is 6.08 Å². The van der Waals surface area contributed by atoms with E-state index in [0.29, 0.717) is 125 Å². The quantitative estimate of drug-likeness (QED) is 0.0695. The fraction of sp³-hybridized carbons (Fsp3) is 0.568. The number of hydrogen-bond acceptors (Lipinski definition) is 12. The zero-order valence-corrected chi connectivity index (χ0v) is 29.0. The molecule has 0 saturated heterocycles. The lowest BCUT2D eigenvalue weighted by Crippen LogP contribution is -2.27. The van der Waals surface area contributed by atoms with Crippen molar-refractivity contribution in [3.63, 3.8) is 0 Å². The van der Waals surface area contributed by atoms with Crippen LogP contribution in [-0.4, -0.2) is 138 Å². The number of alkyl carbamates (subject to hydrolysis) is 1. The largest absolute Gasteiger partial charge is 0.460 e. The summed E-state index contributed by atoms with van der Waals surface area (Å²) in [6.45, 7) is 11.7. The van der Waals surface area contributed by atoms with Gasteiger partial charge in [-0.3, -0.25) is 0 Å². The molecule has 0 aromatic heterocycles. The molecule has 1 aliphatic rings. The number of carbonyl (C=O) groups excluding carboxylic acids is 2. The lowest BCUT2D eigenvalue weighted by atomic mass is 9.98. The van der Waals surface area contributed by atoms with Gasteiger partial charge < -0.3 is 52.7 Å². The van der Waals surface area contributed by atoms with Crippen molar-refractivity contribution in [2.75, 3.05) is 125 Å². The van der Waals surface area contributed by atoms with Gasteiger partial charge in [-0.1, -0.05) is 55.1 Å². The molecule has 1 N–H and O–H groups in total. The number of nitrogens with one attached hydrogen (secondary N) is 1. The minimum absolute atomic E-state index is 0.0474. The summed E-state index contributed by atoms with van der Waals surface area (Å²) in [5.74, 6) is -0.415. The molecule has 50 heavy (non-hydrogen) atoms. The number of benzene rings is 2. The molecule has 2 aromatic rings. The first kappa shape index (κ1) is 41.0. The number of carbonyl (C=O) groups is 2. The van der Waals surface area contributed by atoms with E-state index in [9.17, 15) is 9.59 Å². The van der Waals surface area contributed by atoms with E-state index in [2.05, 4.69) is 36.2 Å². The number of amides is 1. The highest BCUT2D eigenvalue weighted by Gasteiger charge is 2.28. The van der Waals surface area contributed by atoms with Crippen LogP contribution in [0.2, 0.25) is 0 Å². The van der Waals surface area contributed by atoms with Crippen LogP contribution in [0.15, 0.2) is 61.2 Å². The Morgan fingerprint density at radius 3 is 1.34 bits per heavy atom. The second-order valence-corrected chi connectivity index (χ2v) is 10.9. The molecule has 0 spiro atoms. The molecule has 13 nitrogen and oxygen atoms in total. The second kappa shape index (κ2) is 27.3. The van der Waals surface area contributed by atoms with Crippen LogP contribution in [0.3, 0.4) is 0 Å². The molecular weight excluding hydrogens is 650 g/mol. The van der Waals surface area contributed by atoms with Gasteiger partial charge in [0.2, 0.25) is 0 Å². The predicted octanol–water partition coefficient (Wildman–Crippen LogP) is 3.78. The van der Waals surface area contributed by atoms with Crippen LogP contribution in [-0.2, 0) is 52.2 Å². The minimum Gasteiger partial charge on any atom is -0.460 e. The van der Waals surface area contributed by atoms with Gasteiger partial charge in [0.25, 0.3) is 0 Å². The van der Waals surface area contributed by atoms with Gasteiger partial charge in [0, 0.05) is 25.1 Å². The molecule has 0 saturated carbocycles. The summed E-state index contributed by atoms with van der Waals surface area (Å²) in [6.07, 6.45) is 1.37. The normalized spacial score (nSPS) is 12.0. The fourth-order valence-electron chi connectivity index (χ4n) is 4.92. The van der Waals surface area contributed by atoms with Crippen molar-refractivity contribution in [2.24, 2.45) is 0 Å². The third-order valence-electron chi connectivity index (χ3n) is 7.32. The Bertz CT molecular complexity index is 1170. The number of rotatable bonds is 31. The molecule has 0 atom stereocenters. The van der Waals surface area contributed by atoms with E-state index in [1.165, 1.54) is 22.3 Å². The van der Waals surface area contributed by atoms with Crippen molar-refractivity contribution in [3.8, 4) is 11.1 Å². The first-order chi connectivity index (χ1) is 24.7. The molecule has 1 amide bonds. The van der Waals surface area contributed by atoms with E-state index in [-0.39, 0.29) is 12.5 Å². The lowest BCUT2D eigenvalue weighted by molar-refractivity contribution is -0.139. The Labute approximate surface area is 295 Å². The van der Waals surface area contributed by atoms with Gasteiger partial charge in [-0.15, -0.1) is 0 Å². The van der Waals surface area contributed by atoms with Crippen molar-refractivity contribution in [2.45, 2.75) is 12.3 Å². The predicted molar refractivity (Wildman–Crippen MR) is 185 cm³/mol. The SMILES string of the molecule is C=CC(=O)OCCOCCOCCOCCOCCOCCOCCOCCOCCCNC(=O)OCC1c2ccccc2-c2ccccc21. The fourth-order valence-corrected chi connectivity index (χ4v) is 4.92. The Kier molecular flexibility index (Phi) is 22.4. The van der Waals surface area contributed by atoms with Crippen LogP contribution in [0.1, 0.15) is 23.5 Å². The van der Waals surface area contributed by atoms with Crippen LogP contribution in [0.25, 0.3) is 11.1 Å². The van der Waals surface area contributed by atoms with E-state index in [1.54, 1.807) is 0 Å². The average Bonchev–Trinajstić information content (AvgIpc) is 3.46. The van der Waals surface area contributed by atoms with Gasteiger partial charge in [-0.2, -0.15) is 0 Å². The van der Waals surface area contributed by atoms with Crippen molar-refractivity contribution in [1.82, 2.24) is 5.32 Å². The van der Waals surface area contributed by atoms with Gasteiger partial charge in [0.05, 0.1) is 99.1 Å². The number of ether oxygens (including phenoxy) is 10. The molecule has 0 radical (unpaired) electrons. The van der Waals surface area contributed by atoms with E-state index < -0.39 is 12.1 Å². The van der Waals surface area contributed by atoms with Gasteiger partial charge in [0.1, 0.15) is 13.2 Å². The molecule has 2 aromatic carbocycles. The van der Waals surface area contributed by atoms with E-state index in [1.807, 2.05) is 24.3 Å². The molecule has 1 aliphatic carbocycles. The molecule has 0 heterocycles. The number of fused-ring (bicyclic) bond motifs is 3. The van der Waals surface area contributed by atoms with Crippen LogP contribution in [0.5, 0.6) is 0 Å². The summed E-state index contributed by atoms with van der Waals surface area (Å²) in [5, 5.41) is 2.80. The van der Waals surface area contributed by atoms with Crippen LogP contribution in [0.4, 0.5) is 4.79 Å². The second-order valence-electron chi connectivity index (χ2n) is 10.9. The molecule has 13 heteroatoms. The highest BCUT2D eigenvalue weighted by atomic mass is 16.6. The molecule has 0 aliphatic heterocycles. The maximum atomic E-state index is 12.2. The molecule has 0 unspecified atom stereocenters. The summed E-state index contributed by atoms with van der Waals surface area (Å²) in [6, 6.07) is 16.5. The Balaban J connectivity index is 0.977. The molecular formula is C37H53NO12. The lowest BCUT2D eigenvalue weighted by Gasteiger charge is -2.14. The summed E-state index contributed by atoms with van der Waals surface area (Å²) in [5.41, 5.74) is 4.80. The summed E-state index contributed by atoms with van der Waals surface area (Å²) >= 11 is 0. The monoisotopic (exact) mass is 703 g/mol. The van der Waals surface area contributed by atoms with Crippen LogP contribution in [0, 0.1) is 0 Å². The molecule has 0 fully saturated rings. The summed E-state index contributed by atoms with van der Waals surface area (Å²) in [7, 11) is 0. The van der Waals surface area contributed by atoms with Crippen LogP contribution >= 0.6 is 0 Å². The Hall–Kier alpha value is -3.40. The van der Waals surface area contributed by atoms with Crippen molar-refractivity contribution < 1.29 is 57.0 Å². The smallest absolute Gasteiger partial charge is 0.407 e. The van der Waals surface area contributed by atoms with E-state index >= 15 is 0 Å². The number of esters is 1. The first-order valence-corrected chi connectivity index (χ1v) is 17.2. The van der Waals surface area contributed by atoms with Gasteiger partial charge in [-0.25, -0.2) is 9.59 Å². The third-order valence-corrected chi connectivity index (χ3v) is 7.32. The van der Waals surface area contributed by atoms with Crippen molar-refractivity contribution in [1.29, 1.82) is 0 Å². The van der Waals surface area contributed by atoms with Crippen molar-refractivity contribution >= 4 is 12.1 Å². The van der Waals surface area contributed by atoms with Gasteiger partial charge >= 0.3 is 12.1 Å². The van der Waals surface area contributed by atoms with Gasteiger partial charge in [0.15, 0.2) is 0 Å². The maximum Gasteiger partial charge on any atom is 0.407 e. The van der Waals surface area contributed by atoms with E-state index in [4.69, 9.17) is 47.4 Å². The zero-order chi connectivity index (χ0) is 35.3. The standard InChI is InChI=1S/C37H53NO12/c1-2-36(39)49-29-28-48-27-26-47-25-24-46-23-22-45-21-20-44-19-18-43-17-16-42-15-14-41-13-7-12-38-37(40)50-30-35-33-10-5-3-8-31(33)32-9-4-6-11-34(32)35/h2-6,8-11,35H,1,7,12-30H2,(H,38,40). The van der Waals surface area contributed by atoms with Crippen LogP contribution < -0.4 is 5.32 Å². The molecule has 278 valence electrons. The Morgan fingerprint density at radius 2 is 0.920 bits per heavy atom. The topological polar surface area (TPSA) is 138 Å². The third kappa shape index (κ3) is 17.5. The highest BCUT2D eigenvalue weighted by molar-refractivity contribution is 5.81. The number of hydrogen-bond donors (Lipinski definition) is 1. The minimum atomic E-state index is -0.462. The van der Waals surface area contributed by atoms with Gasteiger partial charge in [-0.05, 0) is 28.7 Å². The maximum absolute atomic E-state index is 12.2. The molecule has 3 rings (SSSR count).